The summed E-state index contributed by atoms with van der Waals surface area (Å²) in [5, 5.41) is 9.61. The fraction of sp³-hybridized carbons (Fsp3) is 0.636. The number of likely N-dealkylation sites (N-methyl/N-ethyl adjacent to an activating group) is 1. The largest absolute Gasteiger partial charge is 0.493 e. The molecule has 7 heteroatoms. The SMILES string of the molecule is CCNC(=NCc1ccccc1OCC1CC1)NC1CCN(CC(=O)NC)CC1. The lowest BCUT2D eigenvalue weighted by Gasteiger charge is -2.32. The number of likely N-dealkylation sites (tertiary alicyclic amines) is 1. The number of benzene rings is 1. The van der Waals surface area contributed by atoms with E-state index < -0.39 is 0 Å². The van der Waals surface area contributed by atoms with E-state index in [0.717, 1.165) is 62.3 Å². The van der Waals surface area contributed by atoms with Crippen LogP contribution in [0.5, 0.6) is 5.75 Å². The summed E-state index contributed by atoms with van der Waals surface area (Å²) < 4.78 is 6.01. The van der Waals surface area contributed by atoms with Gasteiger partial charge < -0.3 is 20.7 Å². The zero-order chi connectivity index (χ0) is 20.5. The van der Waals surface area contributed by atoms with E-state index in [2.05, 4.69) is 33.8 Å². The second kappa shape index (κ2) is 11.0. The molecule has 0 aromatic heterocycles. The molecule has 0 spiro atoms. The molecule has 1 aromatic carbocycles. The first-order valence-electron chi connectivity index (χ1n) is 10.9. The van der Waals surface area contributed by atoms with Crippen molar-refractivity contribution in [2.45, 2.75) is 45.2 Å². The van der Waals surface area contributed by atoms with Gasteiger partial charge in [-0.15, -0.1) is 0 Å². The van der Waals surface area contributed by atoms with Gasteiger partial charge in [0.05, 0.1) is 19.7 Å². The Bertz CT molecular complexity index is 682. The zero-order valence-electron chi connectivity index (χ0n) is 17.7. The van der Waals surface area contributed by atoms with E-state index in [1.54, 1.807) is 7.05 Å². The Morgan fingerprint density at radius 1 is 1.21 bits per heavy atom. The third-order valence-electron chi connectivity index (χ3n) is 5.47. The molecule has 0 unspecified atom stereocenters. The van der Waals surface area contributed by atoms with Crippen LogP contribution < -0.4 is 20.7 Å². The van der Waals surface area contributed by atoms with Crippen LogP contribution in [0.15, 0.2) is 29.3 Å². The predicted octanol–water partition coefficient (Wildman–Crippen LogP) is 1.74. The quantitative estimate of drug-likeness (QED) is 0.434. The van der Waals surface area contributed by atoms with E-state index in [0.29, 0.717) is 19.1 Å². The van der Waals surface area contributed by atoms with Gasteiger partial charge in [0.25, 0.3) is 0 Å². The molecule has 1 aromatic rings. The Balaban J connectivity index is 1.52. The van der Waals surface area contributed by atoms with E-state index in [1.807, 2.05) is 18.2 Å². The third-order valence-corrected chi connectivity index (χ3v) is 5.47. The molecule has 3 rings (SSSR count). The van der Waals surface area contributed by atoms with E-state index in [-0.39, 0.29) is 5.91 Å². The number of amides is 1. The summed E-state index contributed by atoms with van der Waals surface area (Å²) in [6.07, 6.45) is 4.58. The normalized spacial score (nSPS) is 18.3. The molecule has 1 saturated heterocycles. The molecule has 1 amide bonds. The molecule has 2 fully saturated rings. The van der Waals surface area contributed by atoms with Crippen molar-refractivity contribution in [1.29, 1.82) is 0 Å². The highest BCUT2D eigenvalue weighted by atomic mass is 16.5. The summed E-state index contributed by atoms with van der Waals surface area (Å²) in [5.74, 6) is 2.60. The van der Waals surface area contributed by atoms with Crippen molar-refractivity contribution in [2.75, 3.05) is 39.8 Å². The predicted molar refractivity (Wildman–Crippen MR) is 116 cm³/mol. The summed E-state index contributed by atoms with van der Waals surface area (Å²) in [4.78, 5) is 18.6. The number of carbonyl (C=O) groups excluding carboxylic acids is 1. The molecule has 0 atom stereocenters. The molecule has 29 heavy (non-hydrogen) atoms. The van der Waals surface area contributed by atoms with Crippen LogP contribution in [0.2, 0.25) is 0 Å². The van der Waals surface area contributed by atoms with Crippen LogP contribution in [-0.4, -0.2) is 62.6 Å². The second-order valence-corrected chi connectivity index (χ2v) is 7.93. The van der Waals surface area contributed by atoms with Crippen molar-refractivity contribution >= 4 is 11.9 Å². The van der Waals surface area contributed by atoms with Crippen LogP contribution in [0, 0.1) is 5.92 Å². The number of piperidine rings is 1. The number of rotatable bonds is 9. The van der Waals surface area contributed by atoms with Gasteiger partial charge in [-0.3, -0.25) is 9.69 Å². The molecule has 1 aliphatic carbocycles. The fourth-order valence-electron chi connectivity index (χ4n) is 3.46. The number of hydrogen-bond acceptors (Lipinski definition) is 4. The average Bonchev–Trinajstić information content (AvgIpc) is 3.57. The molecule has 0 radical (unpaired) electrons. The lowest BCUT2D eigenvalue weighted by atomic mass is 10.1. The van der Waals surface area contributed by atoms with Crippen LogP contribution in [0.25, 0.3) is 0 Å². The first-order chi connectivity index (χ1) is 14.2. The van der Waals surface area contributed by atoms with Crippen LogP contribution in [0.4, 0.5) is 0 Å². The van der Waals surface area contributed by atoms with Gasteiger partial charge in [-0.1, -0.05) is 18.2 Å². The Hall–Kier alpha value is -2.28. The van der Waals surface area contributed by atoms with Crippen molar-refractivity contribution in [2.24, 2.45) is 10.9 Å². The van der Waals surface area contributed by atoms with E-state index in [9.17, 15) is 4.79 Å². The zero-order valence-corrected chi connectivity index (χ0v) is 17.7. The van der Waals surface area contributed by atoms with Gasteiger partial charge in [0.1, 0.15) is 5.75 Å². The van der Waals surface area contributed by atoms with Crippen molar-refractivity contribution in [1.82, 2.24) is 20.9 Å². The van der Waals surface area contributed by atoms with Gasteiger partial charge >= 0.3 is 0 Å². The fourth-order valence-corrected chi connectivity index (χ4v) is 3.46. The van der Waals surface area contributed by atoms with E-state index in [4.69, 9.17) is 9.73 Å². The standard InChI is InChI=1S/C22H35N5O2/c1-3-24-22(26-19-10-12-27(13-11-19)15-21(28)23-2)25-14-18-6-4-5-7-20(18)29-16-17-8-9-17/h4-7,17,19H,3,8-16H2,1-2H3,(H,23,28)(H2,24,25,26). The van der Waals surface area contributed by atoms with Crippen LogP contribution in [-0.2, 0) is 11.3 Å². The summed E-state index contributed by atoms with van der Waals surface area (Å²) in [6.45, 7) is 6.62. The molecular formula is C22H35N5O2. The lowest BCUT2D eigenvalue weighted by molar-refractivity contribution is -0.122. The molecule has 0 bridgehead atoms. The van der Waals surface area contributed by atoms with Gasteiger partial charge in [0.15, 0.2) is 5.96 Å². The number of guanidine groups is 1. The molecule has 7 nitrogen and oxygen atoms in total. The molecule has 1 aliphatic heterocycles. The molecule has 160 valence electrons. The van der Waals surface area contributed by atoms with Gasteiger partial charge in [-0.2, -0.15) is 0 Å². The highest BCUT2D eigenvalue weighted by molar-refractivity contribution is 5.80. The number of nitrogens with zero attached hydrogens (tertiary/aromatic N) is 2. The van der Waals surface area contributed by atoms with Gasteiger partial charge in [0.2, 0.25) is 5.91 Å². The van der Waals surface area contributed by atoms with Crippen molar-refractivity contribution in [3.63, 3.8) is 0 Å². The minimum absolute atomic E-state index is 0.0777. The van der Waals surface area contributed by atoms with Crippen LogP contribution in [0.1, 0.15) is 38.2 Å². The van der Waals surface area contributed by atoms with Crippen molar-refractivity contribution in [3.8, 4) is 5.75 Å². The van der Waals surface area contributed by atoms with Crippen LogP contribution >= 0.6 is 0 Å². The Kier molecular flexibility index (Phi) is 8.16. The summed E-state index contributed by atoms with van der Waals surface area (Å²) >= 11 is 0. The number of nitrogens with one attached hydrogen (secondary N) is 3. The number of carbonyl (C=O) groups is 1. The van der Waals surface area contributed by atoms with Crippen molar-refractivity contribution < 1.29 is 9.53 Å². The molecule has 3 N–H and O–H groups in total. The lowest BCUT2D eigenvalue weighted by Crippen LogP contribution is -2.50. The summed E-state index contributed by atoms with van der Waals surface area (Å²) in [6, 6.07) is 8.56. The third kappa shape index (κ3) is 7.24. The topological polar surface area (TPSA) is 78.0 Å². The Morgan fingerprint density at radius 3 is 2.66 bits per heavy atom. The minimum atomic E-state index is 0.0777. The van der Waals surface area contributed by atoms with E-state index >= 15 is 0 Å². The Labute approximate surface area is 174 Å². The van der Waals surface area contributed by atoms with Crippen LogP contribution in [0.3, 0.4) is 0 Å². The highest BCUT2D eigenvalue weighted by Gasteiger charge is 2.23. The van der Waals surface area contributed by atoms with Gasteiger partial charge in [-0.25, -0.2) is 4.99 Å². The number of ether oxygens (including phenoxy) is 1. The molecule has 1 saturated carbocycles. The first kappa shape index (κ1) is 21.4. The van der Waals surface area contributed by atoms with Gasteiger partial charge in [-0.05, 0) is 44.6 Å². The summed E-state index contributed by atoms with van der Waals surface area (Å²) in [7, 11) is 1.69. The maximum absolute atomic E-state index is 11.6. The van der Waals surface area contributed by atoms with Crippen molar-refractivity contribution in [3.05, 3.63) is 29.8 Å². The number of para-hydroxylation sites is 1. The maximum atomic E-state index is 11.6. The van der Waals surface area contributed by atoms with E-state index in [1.165, 1.54) is 12.8 Å². The second-order valence-electron chi connectivity index (χ2n) is 7.93. The van der Waals surface area contributed by atoms with Gasteiger partial charge in [0, 0.05) is 38.3 Å². The smallest absolute Gasteiger partial charge is 0.233 e. The average molecular weight is 402 g/mol. The molecule has 2 aliphatic rings. The molecular weight excluding hydrogens is 366 g/mol. The number of hydrogen-bond donors (Lipinski definition) is 3. The maximum Gasteiger partial charge on any atom is 0.233 e. The monoisotopic (exact) mass is 401 g/mol. The summed E-state index contributed by atoms with van der Waals surface area (Å²) in [5.41, 5.74) is 1.12. The Morgan fingerprint density at radius 2 is 1.97 bits per heavy atom. The minimum Gasteiger partial charge on any atom is -0.493 e. The number of aliphatic imine (C=N–C) groups is 1. The highest BCUT2D eigenvalue weighted by Crippen LogP contribution is 2.30. The molecule has 1 heterocycles. The first-order valence-corrected chi connectivity index (χ1v) is 10.9.